The van der Waals surface area contributed by atoms with Crippen molar-refractivity contribution < 1.29 is 9.90 Å². The Kier molecular flexibility index (Phi) is 6.16. The van der Waals surface area contributed by atoms with E-state index in [1.165, 1.54) is 5.56 Å². The highest BCUT2D eigenvalue weighted by Crippen LogP contribution is 2.25. The molecule has 0 saturated carbocycles. The molecule has 0 unspecified atom stereocenters. The van der Waals surface area contributed by atoms with Gasteiger partial charge in [-0.1, -0.05) is 36.8 Å². The molecule has 28 heavy (non-hydrogen) atoms. The second-order valence-electron chi connectivity index (χ2n) is 6.95. The van der Waals surface area contributed by atoms with Crippen LogP contribution in [0.25, 0.3) is 16.8 Å². The quantitative estimate of drug-likeness (QED) is 0.658. The van der Waals surface area contributed by atoms with Gasteiger partial charge in [-0.15, -0.1) is 5.10 Å². The van der Waals surface area contributed by atoms with Gasteiger partial charge in [0.15, 0.2) is 5.82 Å². The predicted octanol–water partition coefficient (Wildman–Crippen LogP) is 2.70. The zero-order valence-electron chi connectivity index (χ0n) is 16.4. The lowest BCUT2D eigenvalue weighted by molar-refractivity contribution is 0.0922. The van der Waals surface area contributed by atoms with Crippen molar-refractivity contribution in [2.45, 2.75) is 39.7 Å². The van der Waals surface area contributed by atoms with Crippen molar-refractivity contribution in [1.29, 1.82) is 0 Å². The number of hydrogen-bond acceptors (Lipinski definition) is 5. The van der Waals surface area contributed by atoms with Crippen molar-refractivity contribution in [3.63, 3.8) is 0 Å². The second kappa shape index (κ2) is 8.75. The lowest BCUT2D eigenvalue weighted by Crippen LogP contribution is -2.35. The number of aliphatic hydroxyl groups is 1. The largest absolute Gasteiger partial charge is 0.394 e. The average Bonchev–Trinajstić information content (AvgIpc) is 3.16. The first-order valence-corrected chi connectivity index (χ1v) is 9.43. The van der Waals surface area contributed by atoms with Gasteiger partial charge in [0.25, 0.3) is 5.91 Å². The van der Waals surface area contributed by atoms with Gasteiger partial charge >= 0.3 is 0 Å². The van der Waals surface area contributed by atoms with Crippen LogP contribution >= 0.6 is 0 Å². The van der Waals surface area contributed by atoms with E-state index in [4.69, 9.17) is 0 Å². The molecule has 1 atom stereocenters. The molecule has 1 aromatic heterocycles. The van der Waals surface area contributed by atoms with Crippen LogP contribution in [0.15, 0.2) is 42.5 Å². The number of aliphatic hydroxyl groups excluding tert-OH is 1. The first kappa shape index (κ1) is 19.7. The van der Waals surface area contributed by atoms with Gasteiger partial charge in [0.1, 0.15) is 0 Å². The summed E-state index contributed by atoms with van der Waals surface area (Å²) in [6.07, 6.45) is 1.66. The minimum atomic E-state index is -0.331. The van der Waals surface area contributed by atoms with Crippen LogP contribution in [0.3, 0.4) is 0 Å². The fourth-order valence-corrected chi connectivity index (χ4v) is 2.92. The Morgan fingerprint density at radius 2 is 1.93 bits per heavy atom. The zero-order valence-corrected chi connectivity index (χ0v) is 16.4. The molecule has 0 fully saturated rings. The maximum Gasteiger partial charge on any atom is 0.251 e. The molecule has 3 rings (SSSR count). The molecule has 7 nitrogen and oxygen atoms in total. The summed E-state index contributed by atoms with van der Waals surface area (Å²) in [5, 5.41) is 24.1. The number of benzene rings is 2. The number of carbonyl (C=O) groups is 1. The van der Waals surface area contributed by atoms with E-state index >= 15 is 0 Å². The number of aryl methyl sites for hydroxylation is 2. The number of nitrogens with zero attached hydrogens (tertiary/aromatic N) is 4. The topological polar surface area (TPSA) is 92.9 Å². The van der Waals surface area contributed by atoms with Gasteiger partial charge in [0.2, 0.25) is 0 Å². The van der Waals surface area contributed by atoms with Gasteiger partial charge in [-0.25, -0.2) is 0 Å². The number of tetrazole rings is 1. The molecular weight excluding hydrogens is 354 g/mol. The second-order valence-corrected chi connectivity index (χ2v) is 6.95. The molecule has 1 amide bonds. The average molecular weight is 379 g/mol. The molecule has 2 aromatic carbocycles. The maximum atomic E-state index is 12.7. The van der Waals surface area contributed by atoms with Crippen molar-refractivity contribution in [3.05, 3.63) is 59.4 Å². The van der Waals surface area contributed by atoms with E-state index in [1.807, 2.05) is 43.3 Å². The van der Waals surface area contributed by atoms with E-state index in [0.29, 0.717) is 5.56 Å². The molecule has 0 aliphatic rings. The van der Waals surface area contributed by atoms with Crippen molar-refractivity contribution in [2.75, 3.05) is 6.61 Å². The Labute approximate surface area is 164 Å². The minimum Gasteiger partial charge on any atom is -0.394 e. The highest BCUT2D eigenvalue weighted by atomic mass is 16.3. The Hall–Kier alpha value is -3.06. The minimum absolute atomic E-state index is 0.121. The van der Waals surface area contributed by atoms with E-state index in [0.717, 1.165) is 35.5 Å². The van der Waals surface area contributed by atoms with Crippen LogP contribution in [0, 0.1) is 6.92 Å². The number of rotatable bonds is 7. The third-order valence-electron chi connectivity index (χ3n) is 4.47. The van der Waals surface area contributed by atoms with Crippen LogP contribution in [-0.2, 0) is 6.42 Å². The van der Waals surface area contributed by atoms with E-state index in [2.05, 4.69) is 27.8 Å². The Balaban J connectivity index is 2.09. The van der Waals surface area contributed by atoms with Crippen LogP contribution in [0.1, 0.15) is 42.0 Å². The van der Waals surface area contributed by atoms with E-state index < -0.39 is 0 Å². The summed E-state index contributed by atoms with van der Waals surface area (Å²) >= 11 is 0. The van der Waals surface area contributed by atoms with Gasteiger partial charge in [0.05, 0.1) is 12.3 Å². The molecule has 1 heterocycles. The Morgan fingerprint density at radius 1 is 1.18 bits per heavy atom. The molecule has 0 saturated heterocycles. The van der Waals surface area contributed by atoms with Crippen molar-refractivity contribution >= 4 is 5.91 Å². The summed E-state index contributed by atoms with van der Waals surface area (Å²) < 4.78 is 1.67. The lowest BCUT2D eigenvalue weighted by Gasteiger charge is -2.14. The highest BCUT2D eigenvalue weighted by molar-refractivity contribution is 5.96. The van der Waals surface area contributed by atoms with Crippen LogP contribution in [-0.4, -0.2) is 43.9 Å². The van der Waals surface area contributed by atoms with E-state index in [1.54, 1.807) is 17.7 Å². The summed E-state index contributed by atoms with van der Waals surface area (Å²) in [6, 6.07) is 13.4. The fraction of sp³-hybridized carbons (Fsp3) is 0.333. The molecule has 0 bridgehead atoms. The van der Waals surface area contributed by atoms with Crippen LogP contribution < -0.4 is 5.32 Å². The van der Waals surface area contributed by atoms with E-state index in [-0.39, 0.29) is 18.6 Å². The summed E-state index contributed by atoms with van der Waals surface area (Å²) in [7, 11) is 0. The molecule has 3 aromatic rings. The predicted molar refractivity (Wildman–Crippen MR) is 107 cm³/mol. The van der Waals surface area contributed by atoms with Gasteiger partial charge in [-0.05, 0) is 60.0 Å². The molecule has 0 aliphatic carbocycles. The summed E-state index contributed by atoms with van der Waals surface area (Å²) in [5.41, 5.74) is 4.29. The first-order chi connectivity index (χ1) is 13.5. The smallest absolute Gasteiger partial charge is 0.251 e. The molecule has 2 N–H and O–H groups in total. The molecule has 0 aliphatic heterocycles. The van der Waals surface area contributed by atoms with Crippen molar-refractivity contribution in [3.8, 4) is 16.8 Å². The van der Waals surface area contributed by atoms with Crippen LogP contribution in [0.2, 0.25) is 0 Å². The van der Waals surface area contributed by atoms with Gasteiger partial charge in [-0.3, -0.25) is 4.79 Å². The van der Waals surface area contributed by atoms with Crippen LogP contribution in [0.5, 0.6) is 0 Å². The van der Waals surface area contributed by atoms with E-state index in [9.17, 15) is 9.90 Å². The molecule has 7 heteroatoms. The molecular formula is C21H25N5O2. The fourth-order valence-electron chi connectivity index (χ4n) is 2.92. The maximum absolute atomic E-state index is 12.7. The highest BCUT2D eigenvalue weighted by Gasteiger charge is 2.15. The van der Waals surface area contributed by atoms with Gasteiger partial charge < -0.3 is 10.4 Å². The standard InChI is InChI=1S/C21H25N5O2/c1-4-5-20-23-24-25-26(20)19-11-17(16-8-6-14(2)7-9-16)10-18(12-19)21(28)22-15(3)13-27/h6-12,15,27H,4-5,13H2,1-3H3,(H,22,28)/t15-/m0/s1. The third kappa shape index (κ3) is 4.43. The normalized spacial score (nSPS) is 12.0. The SMILES string of the molecule is CCCc1nnnn1-c1cc(C(=O)N[C@@H](C)CO)cc(-c2ccc(C)cc2)c1. The number of aromatic nitrogens is 4. The Bertz CT molecular complexity index is 950. The number of hydrogen-bond donors (Lipinski definition) is 2. The molecule has 0 radical (unpaired) electrons. The van der Waals surface area contributed by atoms with Crippen LogP contribution in [0.4, 0.5) is 0 Å². The van der Waals surface area contributed by atoms with Crippen molar-refractivity contribution in [1.82, 2.24) is 25.5 Å². The van der Waals surface area contributed by atoms with Crippen molar-refractivity contribution in [2.24, 2.45) is 0 Å². The number of carbonyl (C=O) groups excluding carboxylic acids is 1. The number of amides is 1. The Morgan fingerprint density at radius 3 is 2.61 bits per heavy atom. The molecule has 146 valence electrons. The first-order valence-electron chi connectivity index (χ1n) is 9.43. The third-order valence-corrected chi connectivity index (χ3v) is 4.47. The molecule has 0 spiro atoms. The van der Waals surface area contributed by atoms with Gasteiger partial charge in [-0.2, -0.15) is 4.68 Å². The summed E-state index contributed by atoms with van der Waals surface area (Å²) in [6.45, 7) is 5.73. The summed E-state index contributed by atoms with van der Waals surface area (Å²) in [4.78, 5) is 12.7. The zero-order chi connectivity index (χ0) is 20.1. The number of nitrogens with one attached hydrogen (secondary N) is 1. The van der Waals surface area contributed by atoms with Gasteiger partial charge in [0, 0.05) is 18.0 Å². The lowest BCUT2D eigenvalue weighted by atomic mass is 10.0. The summed E-state index contributed by atoms with van der Waals surface area (Å²) in [5.74, 6) is 0.500. The monoisotopic (exact) mass is 379 g/mol.